The van der Waals surface area contributed by atoms with Crippen molar-refractivity contribution in [2.75, 3.05) is 19.6 Å². The minimum atomic E-state index is 0.365. The van der Waals surface area contributed by atoms with Crippen LogP contribution in [0.4, 0.5) is 0 Å². The van der Waals surface area contributed by atoms with Gasteiger partial charge >= 0.3 is 0 Å². The van der Waals surface area contributed by atoms with Gasteiger partial charge in [-0.1, -0.05) is 49.4 Å². The fourth-order valence-corrected chi connectivity index (χ4v) is 4.72. The van der Waals surface area contributed by atoms with Crippen molar-refractivity contribution in [2.45, 2.75) is 70.5 Å². The van der Waals surface area contributed by atoms with Crippen LogP contribution in [-0.4, -0.2) is 30.6 Å². The predicted molar refractivity (Wildman–Crippen MR) is 94.7 cm³/mol. The Morgan fingerprint density at radius 2 is 2.00 bits per heavy atom. The molecule has 0 amide bonds. The number of piperidine rings is 1. The van der Waals surface area contributed by atoms with Crippen molar-refractivity contribution >= 4 is 0 Å². The zero-order valence-electron chi connectivity index (χ0n) is 14.6. The van der Waals surface area contributed by atoms with Crippen LogP contribution in [0.25, 0.3) is 0 Å². The zero-order valence-corrected chi connectivity index (χ0v) is 14.6. The van der Waals surface area contributed by atoms with E-state index >= 15 is 0 Å². The molecule has 0 bridgehead atoms. The Morgan fingerprint density at radius 3 is 2.87 bits per heavy atom. The van der Waals surface area contributed by atoms with Crippen LogP contribution in [0, 0.1) is 12.8 Å². The molecule has 0 N–H and O–H groups in total. The third kappa shape index (κ3) is 3.64. The molecule has 0 aromatic heterocycles. The standard InChI is InChI=1S/C21H31NO/c1-16-8-9-18-14-21(20(18)13-16)23-19-7-4-11-22(15-19)12-10-17-5-2-3-6-17/h8-9,13,17,19,21H,2-7,10-12,14-15H2,1H3. The molecule has 2 unspecified atom stereocenters. The summed E-state index contributed by atoms with van der Waals surface area (Å²) in [5.74, 6) is 1.01. The smallest absolute Gasteiger partial charge is 0.0872 e. The molecule has 2 nitrogen and oxygen atoms in total. The van der Waals surface area contributed by atoms with Crippen LogP contribution in [0.15, 0.2) is 18.2 Å². The molecule has 23 heavy (non-hydrogen) atoms. The lowest BCUT2D eigenvalue weighted by Crippen LogP contribution is -2.42. The minimum Gasteiger partial charge on any atom is -0.369 e. The Bertz CT molecular complexity index is 535. The molecular weight excluding hydrogens is 282 g/mol. The molecule has 0 spiro atoms. The molecule has 4 rings (SSSR count). The Kier molecular flexibility index (Phi) is 4.73. The van der Waals surface area contributed by atoms with E-state index in [4.69, 9.17) is 4.74 Å². The summed E-state index contributed by atoms with van der Waals surface area (Å²) in [7, 11) is 0. The first-order valence-corrected chi connectivity index (χ1v) is 9.75. The van der Waals surface area contributed by atoms with Gasteiger partial charge in [0, 0.05) is 13.0 Å². The normalized spacial score (nSPS) is 28.6. The largest absolute Gasteiger partial charge is 0.369 e. The summed E-state index contributed by atoms with van der Waals surface area (Å²) < 4.78 is 6.47. The molecule has 1 saturated heterocycles. The molecule has 2 aliphatic carbocycles. The summed E-state index contributed by atoms with van der Waals surface area (Å²) in [6.45, 7) is 5.92. The third-order valence-corrected chi connectivity index (χ3v) is 6.20. The molecule has 1 aliphatic heterocycles. The second-order valence-corrected chi connectivity index (χ2v) is 8.04. The monoisotopic (exact) mass is 313 g/mol. The fourth-order valence-electron chi connectivity index (χ4n) is 4.72. The summed E-state index contributed by atoms with van der Waals surface area (Å²) in [6, 6.07) is 6.82. The van der Waals surface area contributed by atoms with Gasteiger partial charge in [-0.3, -0.25) is 0 Å². The average Bonchev–Trinajstić information content (AvgIpc) is 3.07. The van der Waals surface area contributed by atoms with Crippen molar-refractivity contribution in [3.05, 3.63) is 34.9 Å². The number of hydrogen-bond acceptors (Lipinski definition) is 2. The summed E-state index contributed by atoms with van der Waals surface area (Å²) in [5, 5.41) is 0. The Balaban J connectivity index is 1.26. The van der Waals surface area contributed by atoms with Gasteiger partial charge in [-0.15, -0.1) is 0 Å². The Labute approximate surface area is 141 Å². The Hall–Kier alpha value is -0.860. The molecule has 1 saturated carbocycles. The number of benzene rings is 1. The van der Waals surface area contributed by atoms with Gasteiger partial charge in [0.25, 0.3) is 0 Å². The number of nitrogens with zero attached hydrogens (tertiary/aromatic N) is 1. The zero-order chi connectivity index (χ0) is 15.6. The van der Waals surface area contributed by atoms with Gasteiger partial charge in [0.05, 0.1) is 12.2 Å². The molecule has 3 aliphatic rings. The van der Waals surface area contributed by atoms with E-state index in [1.807, 2.05) is 0 Å². The second kappa shape index (κ2) is 6.94. The lowest BCUT2D eigenvalue weighted by atomic mass is 9.84. The number of aryl methyl sites for hydroxylation is 1. The van der Waals surface area contributed by atoms with E-state index in [0.717, 1.165) is 18.9 Å². The first-order valence-electron chi connectivity index (χ1n) is 9.75. The van der Waals surface area contributed by atoms with Gasteiger partial charge in [-0.05, 0) is 56.3 Å². The summed E-state index contributed by atoms with van der Waals surface area (Å²) in [5.41, 5.74) is 4.31. The topological polar surface area (TPSA) is 12.5 Å². The molecule has 0 radical (unpaired) electrons. The summed E-state index contributed by atoms with van der Waals surface area (Å²) >= 11 is 0. The molecule has 126 valence electrons. The van der Waals surface area contributed by atoms with Gasteiger partial charge in [-0.25, -0.2) is 0 Å². The number of ether oxygens (including phenoxy) is 1. The molecule has 1 aromatic rings. The van der Waals surface area contributed by atoms with Gasteiger partial charge in [0.1, 0.15) is 0 Å². The SMILES string of the molecule is Cc1ccc2c(c1)C(OC1CCCN(CCC3CCCC3)C1)C2. The van der Waals surface area contributed by atoms with E-state index in [1.54, 1.807) is 0 Å². The molecule has 2 heteroatoms. The van der Waals surface area contributed by atoms with Crippen molar-refractivity contribution in [2.24, 2.45) is 5.92 Å². The first-order chi connectivity index (χ1) is 11.3. The summed E-state index contributed by atoms with van der Waals surface area (Å²) in [4.78, 5) is 2.67. The van der Waals surface area contributed by atoms with Crippen LogP contribution in [0.3, 0.4) is 0 Å². The molecule has 1 heterocycles. The minimum absolute atomic E-state index is 0.365. The molecule has 1 aromatic carbocycles. The van der Waals surface area contributed by atoms with E-state index in [-0.39, 0.29) is 0 Å². The predicted octanol–water partition coefficient (Wildman–Crippen LogP) is 4.65. The van der Waals surface area contributed by atoms with E-state index in [2.05, 4.69) is 30.0 Å². The van der Waals surface area contributed by atoms with Crippen molar-refractivity contribution in [1.82, 2.24) is 4.90 Å². The average molecular weight is 313 g/mol. The quantitative estimate of drug-likeness (QED) is 0.784. The lowest BCUT2D eigenvalue weighted by molar-refractivity contribution is -0.0593. The van der Waals surface area contributed by atoms with Crippen LogP contribution in [-0.2, 0) is 11.2 Å². The highest BCUT2D eigenvalue weighted by molar-refractivity contribution is 5.41. The van der Waals surface area contributed by atoms with Crippen LogP contribution in [0.2, 0.25) is 0 Å². The van der Waals surface area contributed by atoms with E-state index < -0.39 is 0 Å². The van der Waals surface area contributed by atoms with Gasteiger partial charge < -0.3 is 9.64 Å². The van der Waals surface area contributed by atoms with Crippen LogP contribution in [0.1, 0.15) is 67.7 Å². The molecule has 2 fully saturated rings. The maximum absolute atomic E-state index is 6.47. The van der Waals surface area contributed by atoms with Gasteiger partial charge in [0.15, 0.2) is 0 Å². The maximum atomic E-state index is 6.47. The Morgan fingerprint density at radius 1 is 1.13 bits per heavy atom. The number of rotatable bonds is 5. The molecular formula is C21H31NO. The second-order valence-electron chi connectivity index (χ2n) is 8.04. The highest BCUT2D eigenvalue weighted by Gasteiger charge is 2.31. The maximum Gasteiger partial charge on any atom is 0.0872 e. The van der Waals surface area contributed by atoms with Gasteiger partial charge in [-0.2, -0.15) is 0 Å². The van der Waals surface area contributed by atoms with Gasteiger partial charge in [0.2, 0.25) is 0 Å². The van der Waals surface area contributed by atoms with Crippen molar-refractivity contribution < 1.29 is 4.74 Å². The number of fused-ring (bicyclic) bond motifs is 1. The number of hydrogen-bond donors (Lipinski definition) is 0. The number of likely N-dealkylation sites (tertiary alicyclic amines) is 1. The van der Waals surface area contributed by atoms with Crippen LogP contribution < -0.4 is 0 Å². The lowest BCUT2D eigenvalue weighted by Gasteiger charge is -2.38. The van der Waals surface area contributed by atoms with Crippen LogP contribution in [0.5, 0.6) is 0 Å². The van der Waals surface area contributed by atoms with Crippen molar-refractivity contribution in [1.29, 1.82) is 0 Å². The van der Waals surface area contributed by atoms with Crippen molar-refractivity contribution in [3.63, 3.8) is 0 Å². The van der Waals surface area contributed by atoms with E-state index in [1.165, 1.54) is 74.7 Å². The van der Waals surface area contributed by atoms with E-state index in [9.17, 15) is 0 Å². The van der Waals surface area contributed by atoms with Crippen LogP contribution >= 0.6 is 0 Å². The van der Waals surface area contributed by atoms with E-state index in [0.29, 0.717) is 12.2 Å². The van der Waals surface area contributed by atoms with Crippen molar-refractivity contribution in [3.8, 4) is 0 Å². The summed E-state index contributed by atoms with van der Waals surface area (Å²) in [6.07, 6.45) is 11.8. The first kappa shape index (κ1) is 15.7. The fraction of sp³-hybridized carbons (Fsp3) is 0.714. The third-order valence-electron chi connectivity index (χ3n) is 6.20. The highest BCUT2D eigenvalue weighted by Crippen LogP contribution is 2.38. The molecule has 2 atom stereocenters. The highest BCUT2D eigenvalue weighted by atomic mass is 16.5.